The summed E-state index contributed by atoms with van der Waals surface area (Å²) >= 11 is 5.77. The van der Waals surface area contributed by atoms with Crippen molar-refractivity contribution in [2.45, 2.75) is 37.6 Å². The molecule has 5 nitrogen and oxygen atoms in total. The maximum absolute atomic E-state index is 12.3. The Bertz CT molecular complexity index is 845. The Kier molecular flexibility index (Phi) is 5.75. The van der Waals surface area contributed by atoms with Crippen molar-refractivity contribution >= 4 is 33.2 Å². The summed E-state index contributed by atoms with van der Waals surface area (Å²) in [6, 6.07) is 12.2. The minimum Gasteiger partial charge on any atom is -0.347 e. The van der Waals surface area contributed by atoms with Crippen LogP contribution >= 0.6 is 11.6 Å². The van der Waals surface area contributed by atoms with Crippen molar-refractivity contribution in [3.05, 3.63) is 59.1 Å². The highest BCUT2D eigenvalue weighted by atomic mass is 35.5. The Morgan fingerprint density at radius 1 is 1.04 bits per heavy atom. The molecule has 0 spiro atoms. The molecule has 0 aliphatic rings. The average molecular weight is 381 g/mol. The van der Waals surface area contributed by atoms with Gasteiger partial charge in [0.2, 0.25) is 0 Å². The quantitative estimate of drug-likeness (QED) is 0.793. The van der Waals surface area contributed by atoms with E-state index in [1.807, 2.05) is 20.8 Å². The molecule has 0 radical (unpaired) electrons. The molecule has 0 bridgehead atoms. The number of amides is 1. The number of sulfonamides is 1. The molecule has 25 heavy (non-hydrogen) atoms. The number of benzene rings is 2. The van der Waals surface area contributed by atoms with Gasteiger partial charge in [-0.2, -0.15) is 0 Å². The van der Waals surface area contributed by atoms with Crippen LogP contribution < -0.4 is 10.0 Å². The van der Waals surface area contributed by atoms with Crippen molar-refractivity contribution in [3.8, 4) is 0 Å². The smallest absolute Gasteiger partial charge is 0.261 e. The topological polar surface area (TPSA) is 75.3 Å². The van der Waals surface area contributed by atoms with Crippen molar-refractivity contribution < 1.29 is 13.2 Å². The first-order valence-electron chi connectivity index (χ1n) is 7.84. The van der Waals surface area contributed by atoms with Crippen molar-refractivity contribution in [3.63, 3.8) is 0 Å². The molecular weight excluding hydrogens is 360 g/mol. The summed E-state index contributed by atoms with van der Waals surface area (Å²) in [6.45, 7) is 5.88. The Hall–Kier alpha value is -2.05. The molecule has 0 aliphatic heterocycles. The molecule has 0 heterocycles. The van der Waals surface area contributed by atoms with Gasteiger partial charge in [0, 0.05) is 21.8 Å². The molecule has 134 valence electrons. The fraction of sp³-hybridized carbons (Fsp3) is 0.278. The fourth-order valence-corrected chi connectivity index (χ4v) is 3.17. The van der Waals surface area contributed by atoms with E-state index in [-0.39, 0.29) is 16.3 Å². The average Bonchev–Trinajstić information content (AvgIpc) is 2.55. The predicted molar refractivity (Wildman–Crippen MR) is 101 cm³/mol. The second kappa shape index (κ2) is 7.45. The summed E-state index contributed by atoms with van der Waals surface area (Å²) in [7, 11) is -3.71. The van der Waals surface area contributed by atoms with E-state index < -0.39 is 10.0 Å². The van der Waals surface area contributed by atoms with Crippen LogP contribution in [0.5, 0.6) is 0 Å². The standard InChI is InChI=1S/C18H21ClN2O3S/c1-4-18(2,3)20-17(22)13-5-9-15(10-6-13)21-25(23,24)16-11-7-14(19)8-12-16/h5-12,21H,4H2,1-3H3,(H,20,22). The van der Waals surface area contributed by atoms with Crippen LogP contribution in [0.4, 0.5) is 5.69 Å². The summed E-state index contributed by atoms with van der Waals surface area (Å²) in [6.07, 6.45) is 0.803. The van der Waals surface area contributed by atoms with Crippen LogP contribution in [0, 0.1) is 0 Å². The van der Waals surface area contributed by atoms with Crippen molar-refractivity contribution in [2.75, 3.05) is 4.72 Å². The minimum absolute atomic E-state index is 0.114. The van der Waals surface area contributed by atoms with Gasteiger partial charge in [0.15, 0.2) is 0 Å². The Morgan fingerprint density at radius 2 is 1.60 bits per heavy atom. The lowest BCUT2D eigenvalue weighted by molar-refractivity contribution is 0.0911. The number of rotatable bonds is 6. The van der Waals surface area contributed by atoms with Crippen molar-refractivity contribution in [2.24, 2.45) is 0 Å². The van der Waals surface area contributed by atoms with Gasteiger partial charge in [-0.1, -0.05) is 18.5 Å². The highest BCUT2D eigenvalue weighted by Gasteiger charge is 2.19. The lowest BCUT2D eigenvalue weighted by Gasteiger charge is -2.24. The molecule has 0 atom stereocenters. The zero-order chi connectivity index (χ0) is 18.7. The lowest BCUT2D eigenvalue weighted by atomic mass is 10.0. The van der Waals surface area contributed by atoms with E-state index in [9.17, 15) is 13.2 Å². The zero-order valence-electron chi connectivity index (χ0n) is 14.3. The second-order valence-electron chi connectivity index (χ2n) is 6.33. The molecule has 2 rings (SSSR count). The first-order valence-corrected chi connectivity index (χ1v) is 9.70. The predicted octanol–water partition coefficient (Wildman–Crippen LogP) is 4.06. The molecule has 0 unspecified atom stereocenters. The molecule has 1 amide bonds. The van der Waals surface area contributed by atoms with Crippen LogP contribution in [0.3, 0.4) is 0 Å². The van der Waals surface area contributed by atoms with E-state index in [1.54, 1.807) is 24.3 Å². The number of hydrogen-bond acceptors (Lipinski definition) is 3. The van der Waals surface area contributed by atoms with Crippen molar-refractivity contribution in [1.82, 2.24) is 5.32 Å². The number of hydrogen-bond donors (Lipinski definition) is 2. The van der Waals surface area contributed by atoms with Crippen LogP contribution in [0.15, 0.2) is 53.4 Å². The Balaban J connectivity index is 2.12. The van der Waals surface area contributed by atoms with Gasteiger partial charge in [0.25, 0.3) is 15.9 Å². The Morgan fingerprint density at radius 3 is 2.12 bits per heavy atom. The molecule has 0 aromatic heterocycles. The van der Waals surface area contributed by atoms with Gasteiger partial charge in [0.1, 0.15) is 0 Å². The van der Waals surface area contributed by atoms with E-state index in [1.165, 1.54) is 24.3 Å². The van der Waals surface area contributed by atoms with Gasteiger partial charge in [-0.3, -0.25) is 9.52 Å². The number of carbonyl (C=O) groups excluding carboxylic acids is 1. The third-order valence-electron chi connectivity index (χ3n) is 3.86. The first-order chi connectivity index (χ1) is 11.6. The number of anilines is 1. The third-order valence-corrected chi connectivity index (χ3v) is 5.51. The number of halogens is 1. The number of nitrogens with one attached hydrogen (secondary N) is 2. The van der Waals surface area contributed by atoms with Gasteiger partial charge in [0.05, 0.1) is 4.90 Å². The van der Waals surface area contributed by atoms with Crippen molar-refractivity contribution in [1.29, 1.82) is 0 Å². The number of carbonyl (C=O) groups is 1. The van der Waals surface area contributed by atoms with Gasteiger partial charge in [-0.05, 0) is 68.8 Å². The molecular formula is C18H21ClN2O3S. The molecule has 0 fully saturated rings. The second-order valence-corrected chi connectivity index (χ2v) is 8.45. The van der Waals surface area contributed by atoms with Gasteiger partial charge in [-0.15, -0.1) is 0 Å². The normalized spacial score (nSPS) is 11.8. The highest BCUT2D eigenvalue weighted by Crippen LogP contribution is 2.19. The van der Waals surface area contributed by atoms with Gasteiger partial charge >= 0.3 is 0 Å². The lowest BCUT2D eigenvalue weighted by Crippen LogP contribution is -2.42. The molecule has 0 saturated carbocycles. The van der Waals surface area contributed by atoms with Gasteiger partial charge in [-0.25, -0.2) is 8.42 Å². The maximum Gasteiger partial charge on any atom is 0.261 e. The molecule has 0 aliphatic carbocycles. The van der Waals surface area contributed by atoms with E-state index in [2.05, 4.69) is 10.0 Å². The summed E-state index contributed by atoms with van der Waals surface area (Å²) in [5.74, 6) is -0.195. The summed E-state index contributed by atoms with van der Waals surface area (Å²) in [4.78, 5) is 12.3. The van der Waals surface area contributed by atoms with Gasteiger partial charge < -0.3 is 5.32 Å². The van der Waals surface area contributed by atoms with Crippen LogP contribution in [0.25, 0.3) is 0 Å². The SMILES string of the molecule is CCC(C)(C)NC(=O)c1ccc(NS(=O)(=O)c2ccc(Cl)cc2)cc1. The van der Waals surface area contributed by atoms with Crippen LogP contribution in [0.2, 0.25) is 5.02 Å². The van der Waals surface area contributed by atoms with E-state index >= 15 is 0 Å². The van der Waals surface area contributed by atoms with Crippen LogP contribution in [-0.2, 0) is 10.0 Å². The molecule has 2 N–H and O–H groups in total. The fourth-order valence-electron chi connectivity index (χ4n) is 1.99. The molecule has 2 aromatic rings. The Labute approximate surface area is 153 Å². The summed E-state index contributed by atoms with van der Waals surface area (Å²) < 4.78 is 27.1. The van der Waals surface area contributed by atoms with Crippen LogP contribution in [0.1, 0.15) is 37.6 Å². The summed E-state index contributed by atoms with van der Waals surface area (Å²) in [5.41, 5.74) is 0.545. The third kappa shape index (κ3) is 5.21. The summed E-state index contributed by atoms with van der Waals surface area (Å²) in [5, 5.41) is 3.39. The van der Waals surface area contributed by atoms with E-state index in [4.69, 9.17) is 11.6 Å². The minimum atomic E-state index is -3.71. The van der Waals surface area contributed by atoms with E-state index in [0.29, 0.717) is 16.3 Å². The first kappa shape index (κ1) is 19.3. The monoisotopic (exact) mass is 380 g/mol. The van der Waals surface area contributed by atoms with E-state index in [0.717, 1.165) is 6.42 Å². The zero-order valence-corrected chi connectivity index (χ0v) is 15.9. The molecule has 0 saturated heterocycles. The maximum atomic E-state index is 12.3. The largest absolute Gasteiger partial charge is 0.347 e. The highest BCUT2D eigenvalue weighted by molar-refractivity contribution is 7.92. The molecule has 2 aromatic carbocycles. The molecule has 7 heteroatoms. The van der Waals surface area contributed by atoms with Crippen LogP contribution in [-0.4, -0.2) is 19.9 Å².